The Morgan fingerprint density at radius 1 is 1.19 bits per heavy atom. The summed E-state index contributed by atoms with van der Waals surface area (Å²) in [4.78, 5) is 32.1. The molecule has 1 saturated heterocycles. The zero-order valence-corrected chi connectivity index (χ0v) is 16.5. The van der Waals surface area contributed by atoms with Crippen LogP contribution in [0.2, 0.25) is 5.02 Å². The van der Waals surface area contributed by atoms with Gasteiger partial charge in [-0.1, -0.05) is 35.5 Å². The standard InChI is InChI=1S/C20H18ClN3O2S/c1-12-4-3-5-14(10-12)24-18(25)15-7-6-13(21)11-16(15)22-20(24)27-17-8-9-23(2)19(17)26/h3-7,10-11,17H,8-9H2,1-2H3. The highest BCUT2D eigenvalue weighted by atomic mass is 35.5. The van der Waals surface area contributed by atoms with Gasteiger partial charge in [0.2, 0.25) is 5.91 Å². The maximum atomic E-state index is 13.3. The Hall–Kier alpha value is -2.31. The van der Waals surface area contributed by atoms with Crippen molar-refractivity contribution in [1.29, 1.82) is 0 Å². The van der Waals surface area contributed by atoms with Gasteiger partial charge in [-0.15, -0.1) is 0 Å². The Bertz CT molecular complexity index is 1110. The molecule has 7 heteroatoms. The lowest BCUT2D eigenvalue weighted by Gasteiger charge is -2.16. The molecule has 0 spiro atoms. The minimum absolute atomic E-state index is 0.0660. The smallest absolute Gasteiger partial charge is 0.266 e. The molecular formula is C20H18ClN3O2S. The Morgan fingerprint density at radius 2 is 2.00 bits per heavy atom. The van der Waals surface area contributed by atoms with E-state index in [9.17, 15) is 9.59 Å². The van der Waals surface area contributed by atoms with Gasteiger partial charge in [0.05, 0.1) is 21.8 Å². The molecule has 1 aromatic heterocycles. The van der Waals surface area contributed by atoms with Gasteiger partial charge in [0, 0.05) is 18.6 Å². The maximum absolute atomic E-state index is 13.3. The van der Waals surface area contributed by atoms with Crippen LogP contribution in [0, 0.1) is 6.92 Å². The van der Waals surface area contributed by atoms with Crippen molar-refractivity contribution in [3.63, 3.8) is 0 Å². The fourth-order valence-corrected chi connectivity index (χ4v) is 4.61. The zero-order valence-electron chi connectivity index (χ0n) is 15.0. The largest absolute Gasteiger partial charge is 0.345 e. The van der Waals surface area contributed by atoms with Crippen molar-refractivity contribution >= 4 is 40.2 Å². The van der Waals surface area contributed by atoms with Gasteiger partial charge in [0.15, 0.2) is 5.16 Å². The summed E-state index contributed by atoms with van der Waals surface area (Å²) in [6.45, 7) is 2.69. The molecule has 4 rings (SSSR count). The van der Waals surface area contributed by atoms with E-state index in [2.05, 4.69) is 0 Å². The minimum Gasteiger partial charge on any atom is -0.345 e. The summed E-state index contributed by atoms with van der Waals surface area (Å²) in [5.74, 6) is 0.0660. The van der Waals surface area contributed by atoms with E-state index < -0.39 is 0 Å². The maximum Gasteiger partial charge on any atom is 0.266 e. The van der Waals surface area contributed by atoms with Crippen molar-refractivity contribution in [3.05, 3.63) is 63.4 Å². The summed E-state index contributed by atoms with van der Waals surface area (Å²) in [6.07, 6.45) is 0.733. The summed E-state index contributed by atoms with van der Waals surface area (Å²) in [7, 11) is 1.80. The van der Waals surface area contributed by atoms with E-state index in [1.807, 2.05) is 31.2 Å². The van der Waals surface area contributed by atoms with E-state index in [4.69, 9.17) is 16.6 Å². The van der Waals surface area contributed by atoms with Gasteiger partial charge in [-0.3, -0.25) is 14.2 Å². The Balaban J connectivity index is 1.93. The second-order valence-corrected chi connectivity index (χ2v) is 8.30. The van der Waals surface area contributed by atoms with Gasteiger partial charge < -0.3 is 4.90 Å². The number of amides is 1. The van der Waals surface area contributed by atoms with E-state index in [-0.39, 0.29) is 16.7 Å². The van der Waals surface area contributed by atoms with Gasteiger partial charge in [-0.25, -0.2) is 4.98 Å². The molecule has 1 aliphatic heterocycles. The van der Waals surface area contributed by atoms with E-state index in [1.54, 1.807) is 34.7 Å². The number of fused-ring (bicyclic) bond motifs is 1. The molecule has 2 aromatic carbocycles. The summed E-state index contributed by atoms with van der Waals surface area (Å²) < 4.78 is 1.60. The van der Waals surface area contributed by atoms with Crippen molar-refractivity contribution < 1.29 is 4.79 Å². The number of hydrogen-bond acceptors (Lipinski definition) is 4. The van der Waals surface area contributed by atoms with E-state index >= 15 is 0 Å². The third-order valence-corrected chi connectivity index (χ3v) is 6.13. The van der Waals surface area contributed by atoms with Crippen LogP contribution in [0.15, 0.2) is 52.4 Å². The number of halogens is 1. The molecule has 27 heavy (non-hydrogen) atoms. The molecule has 2 heterocycles. The fourth-order valence-electron chi connectivity index (χ4n) is 3.24. The molecule has 1 fully saturated rings. The van der Waals surface area contributed by atoms with Crippen LogP contribution in [0.25, 0.3) is 16.6 Å². The molecule has 0 radical (unpaired) electrons. The van der Waals surface area contributed by atoms with Crippen molar-refractivity contribution in [2.75, 3.05) is 13.6 Å². The zero-order chi connectivity index (χ0) is 19.1. The molecule has 138 valence electrons. The molecule has 0 N–H and O–H groups in total. The number of aryl methyl sites for hydroxylation is 1. The topological polar surface area (TPSA) is 55.2 Å². The highest BCUT2D eigenvalue weighted by molar-refractivity contribution is 8.00. The van der Waals surface area contributed by atoms with Crippen LogP contribution in [-0.4, -0.2) is 39.2 Å². The first kappa shape index (κ1) is 18.1. The highest BCUT2D eigenvalue weighted by Crippen LogP contribution is 2.31. The lowest BCUT2D eigenvalue weighted by Crippen LogP contribution is -2.26. The van der Waals surface area contributed by atoms with Crippen molar-refractivity contribution in [3.8, 4) is 5.69 Å². The van der Waals surface area contributed by atoms with Crippen molar-refractivity contribution in [2.24, 2.45) is 0 Å². The second kappa shape index (κ2) is 7.02. The van der Waals surface area contributed by atoms with Gasteiger partial charge in [-0.2, -0.15) is 0 Å². The molecule has 0 saturated carbocycles. The third kappa shape index (κ3) is 3.35. The monoisotopic (exact) mass is 399 g/mol. The number of thioether (sulfide) groups is 1. The number of likely N-dealkylation sites (tertiary alicyclic amines) is 1. The number of rotatable bonds is 3. The molecule has 5 nitrogen and oxygen atoms in total. The van der Waals surface area contributed by atoms with Gasteiger partial charge >= 0.3 is 0 Å². The first-order valence-corrected chi connectivity index (χ1v) is 9.91. The minimum atomic E-state index is -0.241. The predicted octanol–water partition coefficient (Wildman–Crippen LogP) is 3.67. The molecule has 3 aromatic rings. The van der Waals surface area contributed by atoms with Crippen LogP contribution in [0.3, 0.4) is 0 Å². The average molecular weight is 400 g/mol. The molecule has 0 aliphatic carbocycles. The normalized spacial score (nSPS) is 17.1. The van der Waals surface area contributed by atoms with Gasteiger partial charge in [-0.05, 0) is 49.2 Å². The number of benzene rings is 2. The van der Waals surface area contributed by atoms with Crippen LogP contribution >= 0.6 is 23.4 Å². The van der Waals surface area contributed by atoms with Crippen molar-refractivity contribution in [2.45, 2.75) is 23.8 Å². The summed E-state index contributed by atoms with van der Waals surface area (Å²) >= 11 is 7.44. The fraction of sp³-hybridized carbons (Fsp3) is 0.250. The Morgan fingerprint density at radius 3 is 2.70 bits per heavy atom. The summed E-state index contributed by atoms with van der Waals surface area (Å²) in [5, 5.41) is 1.29. The summed E-state index contributed by atoms with van der Waals surface area (Å²) in [5.41, 5.74) is 2.16. The molecule has 1 aliphatic rings. The molecule has 1 amide bonds. The van der Waals surface area contributed by atoms with Crippen molar-refractivity contribution in [1.82, 2.24) is 14.5 Å². The Labute approximate surface area is 166 Å². The van der Waals surface area contributed by atoms with E-state index in [1.165, 1.54) is 11.8 Å². The van der Waals surface area contributed by atoms with Crippen LogP contribution < -0.4 is 5.56 Å². The third-order valence-electron chi connectivity index (χ3n) is 4.69. The molecular weight excluding hydrogens is 382 g/mol. The lowest BCUT2D eigenvalue weighted by molar-refractivity contribution is -0.126. The number of hydrogen-bond donors (Lipinski definition) is 0. The molecule has 1 atom stereocenters. The lowest BCUT2D eigenvalue weighted by atomic mass is 10.2. The number of nitrogens with zero attached hydrogens (tertiary/aromatic N) is 3. The number of carbonyl (C=O) groups excluding carboxylic acids is 1. The van der Waals surface area contributed by atoms with Gasteiger partial charge in [0.25, 0.3) is 5.56 Å². The Kier molecular flexibility index (Phi) is 4.70. The second-order valence-electron chi connectivity index (χ2n) is 6.69. The molecule has 1 unspecified atom stereocenters. The number of aromatic nitrogens is 2. The SMILES string of the molecule is Cc1cccc(-n2c(SC3CCN(C)C3=O)nc3cc(Cl)ccc3c2=O)c1. The number of carbonyl (C=O) groups is 1. The van der Waals surface area contributed by atoms with E-state index in [0.717, 1.165) is 17.7 Å². The van der Waals surface area contributed by atoms with Crippen LogP contribution in [0.5, 0.6) is 0 Å². The quantitative estimate of drug-likeness (QED) is 0.630. The first-order chi connectivity index (χ1) is 12.9. The average Bonchev–Trinajstić information content (AvgIpc) is 2.94. The first-order valence-electron chi connectivity index (χ1n) is 8.65. The highest BCUT2D eigenvalue weighted by Gasteiger charge is 2.31. The predicted molar refractivity (Wildman–Crippen MR) is 109 cm³/mol. The van der Waals surface area contributed by atoms with Crippen LogP contribution in [0.4, 0.5) is 0 Å². The van der Waals surface area contributed by atoms with Gasteiger partial charge in [0.1, 0.15) is 0 Å². The molecule has 0 bridgehead atoms. The van der Waals surface area contributed by atoms with Crippen LogP contribution in [0.1, 0.15) is 12.0 Å². The van der Waals surface area contributed by atoms with E-state index in [0.29, 0.717) is 27.6 Å². The summed E-state index contributed by atoms with van der Waals surface area (Å²) in [6, 6.07) is 12.8. The van der Waals surface area contributed by atoms with Crippen LogP contribution in [-0.2, 0) is 4.79 Å².